The van der Waals surface area contributed by atoms with Gasteiger partial charge >= 0.3 is 0 Å². The minimum atomic E-state index is 1.01. The standard InChI is InChI=1S/C6H10N2/c1-5-7(3)6(2)8(5)4/h1-2H2,3-4H3. The van der Waals surface area contributed by atoms with E-state index in [1.165, 1.54) is 0 Å². The van der Waals surface area contributed by atoms with Crippen molar-refractivity contribution in [2.75, 3.05) is 0 Å². The van der Waals surface area contributed by atoms with Crippen LogP contribution in [0.4, 0.5) is 0 Å². The zero-order valence-electron chi connectivity index (χ0n) is 5.31. The largest absolute Gasteiger partial charge is 0.318 e. The molecule has 0 aromatic carbocycles. The highest BCUT2D eigenvalue weighted by molar-refractivity contribution is 4.99. The molecule has 1 heterocycles. The minimum Gasteiger partial charge on any atom is -0.318 e. The Hall–Kier alpha value is -0.920. The summed E-state index contributed by atoms with van der Waals surface area (Å²) in [6, 6.07) is 0. The molecule has 0 atom stereocenters. The molecule has 0 amide bonds. The molecule has 0 spiro atoms. The van der Waals surface area contributed by atoms with Crippen molar-refractivity contribution >= 4 is 13.2 Å². The van der Waals surface area contributed by atoms with E-state index in [-0.39, 0.29) is 0 Å². The van der Waals surface area contributed by atoms with E-state index in [2.05, 4.69) is 13.2 Å². The Morgan fingerprint density at radius 2 is 1.25 bits per heavy atom. The van der Waals surface area contributed by atoms with Gasteiger partial charge in [-0.25, -0.2) is 0 Å². The number of hydrogen-bond acceptors (Lipinski definition) is 0. The quantitative estimate of drug-likeness (QED) is 0.413. The number of nitrogens with zero attached hydrogens (tertiary/aromatic N) is 2. The van der Waals surface area contributed by atoms with Gasteiger partial charge in [0.25, 0.3) is 0 Å². The summed E-state index contributed by atoms with van der Waals surface area (Å²) in [6.07, 6.45) is 0. The van der Waals surface area contributed by atoms with Crippen molar-refractivity contribution in [2.24, 2.45) is 14.1 Å². The van der Waals surface area contributed by atoms with E-state index in [9.17, 15) is 0 Å². The van der Waals surface area contributed by atoms with Gasteiger partial charge in [0.2, 0.25) is 0 Å². The van der Waals surface area contributed by atoms with Crippen molar-refractivity contribution < 1.29 is 0 Å². The van der Waals surface area contributed by atoms with Crippen molar-refractivity contribution in [2.45, 2.75) is 0 Å². The molecular formula is C6H10N2. The van der Waals surface area contributed by atoms with Gasteiger partial charge in [0.1, 0.15) is 11.0 Å². The summed E-state index contributed by atoms with van der Waals surface area (Å²) in [7, 11) is 3.90. The van der Waals surface area contributed by atoms with E-state index in [1.54, 1.807) is 0 Å². The van der Waals surface area contributed by atoms with Gasteiger partial charge in [-0.05, 0) is 0 Å². The Balaban J connectivity index is 3.48. The molecular weight excluding hydrogens is 100 g/mol. The summed E-state index contributed by atoms with van der Waals surface area (Å²) >= 11 is 0. The average Bonchev–Trinajstić information content (AvgIpc) is 1.83. The maximum Gasteiger partial charge on any atom is 0.107 e. The van der Waals surface area contributed by atoms with Crippen LogP contribution in [0.5, 0.6) is 0 Å². The fourth-order valence-corrected chi connectivity index (χ4v) is 0.703. The Bertz CT molecular complexity index is 226. The van der Waals surface area contributed by atoms with Gasteiger partial charge < -0.3 is 9.13 Å². The summed E-state index contributed by atoms with van der Waals surface area (Å²) in [6.45, 7) is 7.53. The summed E-state index contributed by atoms with van der Waals surface area (Å²) in [5.41, 5.74) is 2.02. The Kier molecular flexibility index (Phi) is 0.834. The molecule has 0 N–H and O–H groups in total. The zero-order valence-corrected chi connectivity index (χ0v) is 5.31. The monoisotopic (exact) mass is 110 g/mol. The molecule has 0 aliphatic heterocycles. The minimum absolute atomic E-state index is 1.01. The van der Waals surface area contributed by atoms with Crippen LogP contribution in [0.15, 0.2) is 0 Å². The lowest BCUT2D eigenvalue weighted by Crippen LogP contribution is -2.51. The van der Waals surface area contributed by atoms with Crippen LogP contribution in [-0.4, -0.2) is 9.13 Å². The molecule has 8 heavy (non-hydrogen) atoms. The fourth-order valence-electron chi connectivity index (χ4n) is 0.703. The predicted molar refractivity (Wildman–Crippen MR) is 34.7 cm³/mol. The van der Waals surface area contributed by atoms with Gasteiger partial charge in [0, 0.05) is 14.1 Å². The lowest BCUT2D eigenvalue weighted by atomic mass is 10.6. The molecule has 0 bridgehead atoms. The van der Waals surface area contributed by atoms with Crippen LogP contribution in [0, 0.1) is 0 Å². The molecule has 0 saturated heterocycles. The third-order valence-corrected chi connectivity index (χ3v) is 1.55. The van der Waals surface area contributed by atoms with Gasteiger partial charge in [-0.3, -0.25) is 0 Å². The smallest absolute Gasteiger partial charge is 0.107 e. The first kappa shape index (κ1) is 5.22. The first-order valence-corrected chi connectivity index (χ1v) is 2.50. The molecule has 2 nitrogen and oxygen atoms in total. The van der Waals surface area contributed by atoms with Crippen LogP contribution in [0.3, 0.4) is 0 Å². The molecule has 1 rings (SSSR count). The predicted octanol–water partition coefficient (Wildman–Crippen LogP) is -0.816. The number of hydrogen-bond donors (Lipinski definition) is 0. The average molecular weight is 110 g/mol. The Morgan fingerprint density at radius 3 is 1.38 bits per heavy atom. The molecule has 1 aromatic heterocycles. The summed E-state index contributed by atoms with van der Waals surface area (Å²) in [4.78, 5) is 0. The second kappa shape index (κ2) is 1.28. The first-order valence-electron chi connectivity index (χ1n) is 2.50. The summed E-state index contributed by atoms with van der Waals surface area (Å²) in [5, 5.41) is 0. The molecule has 1 aromatic rings. The third kappa shape index (κ3) is 0.372. The van der Waals surface area contributed by atoms with Crippen LogP contribution < -0.4 is 11.0 Å². The van der Waals surface area contributed by atoms with Crippen LogP contribution in [0.2, 0.25) is 0 Å². The molecule has 0 aliphatic carbocycles. The van der Waals surface area contributed by atoms with Crippen molar-refractivity contribution in [3.05, 3.63) is 11.0 Å². The topological polar surface area (TPSA) is 9.86 Å². The lowest BCUT2D eigenvalue weighted by Gasteiger charge is -2.12. The van der Waals surface area contributed by atoms with E-state index in [1.807, 2.05) is 23.2 Å². The SMILES string of the molecule is C=c1n(C)c(=C)n1C. The highest BCUT2D eigenvalue weighted by atomic mass is 15.2. The van der Waals surface area contributed by atoms with Crippen LogP contribution in [0.25, 0.3) is 13.2 Å². The molecule has 0 saturated carbocycles. The van der Waals surface area contributed by atoms with Gasteiger partial charge in [0.15, 0.2) is 0 Å². The molecule has 2 heteroatoms. The highest BCUT2D eigenvalue weighted by Gasteiger charge is 1.92. The van der Waals surface area contributed by atoms with Crippen LogP contribution in [0.1, 0.15) is 0 Å². The highest BCUT2D eigenvalue weighted by Crippen LogP contribution is 1.58. The van der Waals surface area contributed by atoms with Crippen LogP contribution in [-0.2, 0) is 14.1 Å². The molecule has 0 radical (unpaired) electrons. The normalized spacial score (nSPS) is 10.2. The Labute approximate surface area is 48.4 Å². The van der Waals surface area contributed by atoms with Crippen molar-refractivity contribution in [1.29, 1.82) is 0 Å². The van der Waals surface area contributed by atoms with Gasteiger partial charge in [-0.2, -0.15) is 0 Å². The van der Waals surface area contributed by atoms with Crippen LogP contribution >= 0.6 is 0 Å². The maximum absolute atomic E-state index is 3.76. The maximum atomic E-state index is 3.76. The van der Waals surface area contributed by atoms with E-state index in [0.717, 1.165) is 11.0 Å². The summed E-state index contributed by atoms with van der Waals surface area (Å²) < 4.78 is 3.89. The lowest BCUT2D eigenvalue weighted by molar-refractivity contribution is 0.567. The van der Waals surface area contributed by atoms with Crippen molar-refractivity contribution in [3.8, 4) is 0 Å². The van der Waals surface area contributed by atoms with Gasteiger partial charge in [-0.15, -0.1) is 0 Å². The van der Waals surface area contributed by atoms with E-state index in [4.69, 9.17) is 0 Å². The van der Waals surface area contributed by atoms with E-state index < -0.39 is 0 Å². The molecule has 0 unspecified atom stereocenters. The van der Waals surface area contributed by atoms with E-state index in [0.29, 0.717) is 0 Å². The first-order chi connectivity index (χ1) is 3.64. The van der Waals surface area contributed by atoms with Gasteiger partial charge in [-0.1, -0.05) is 13.2 Å². The summed E-state index contributed by atoms with van der Waals surface area (Å²) in [5.74, 6) is 0. The Morgan fingerprint density at radius 1 is 1.00 bits per heavy atom. The fraction of sp³-hybridized carbons (Fsp3) is 0.333. The van der Waals surface area contributed by atoms with E-state index >= 15 is 0 Å². The number of aromatic nitrogens is 2. The second-order valence-electron chi connectivity index (χ2n) is 1.95. The molecule has 0 aliphatic rings. The van der Waals surface area contributed by atoms with Crippen molar-refractivity contribution in [3.63, 3.8) is 0 Å². The molecule has 44 valence electrons. The molecule has 0 fully saturated rings. The van der Waals surface area contributed by atoms with Crippen molar-refractivity contribution in [1.82, 2.24) is 9.13 Å². The third-order valence-electron chi connectivity index (χ3n) is 1.55. The second-order valence-corrected chi connectivity index (χ2v) is 1.95. The number of rotatable bonds is 0. The zero-order chi connectivity index (χ0) is 6.31. The van der Waals surface area contributed by atoms with Gasteiger partial charge in [0.05, 0.1) is 0 Å².